The normalized spacial score (nSPS) is 13.8. The Morgan fingerprint density at radius 2 is 2.33 bits per heavy atom. The summed E-state index contributed by atoms with van der Waals surface area (Å²) in [4.78, 5) is 0. The number of halogens is 1. The van der Waals surface area contributed by atoms with Gasteiger partial charge in [-0.05, 0) is 19.9 Å². The van der Waals surface area contributed by atoms with Crippen molar-refractivity contribution in [2.75, 3.05) is 5.33 Å². The Labute approximate surface area is 80.5 Å². The van der Waals surface area contributed by atoms with Gasteiger partial charge in [0.2, 0.25) is 0 Å². The van der Waals surface area contributed by atoms with E-state index in [1.165, 1.54) is 0 Å². The van der Waals surface area contributed by atoms with Crippen LogP contribution in [0.1, 0.15) is 31.7 Å². The van der Waals surface area contributed by atoms with Crippen molar-refractivity contribution < 1.29 is 5.11 Å². The van der Waals surface area contributed by atoms with Gasteiger partial charge in [0, 0.05) is 17.6 Å². The highest BCUT2D eigenvalue weighted by molar-refractivity contribution is 9.09. The van der Waals surface area contributed by atoms with Crippen LogP contribution in [-0.2, 0) is 0 Å². The van der Waals surface area contributed by atoms with Gasteiger partial charge in [-0.15, -0.1) is 0 Å². The summed E-state index contributed by atoms with van der Waals surface area (Å²) in [5, 5.41) is 14.2. The van der Waals surface area contributed by atoms with Crippen LogP contribution in [0.25, 0.3) is 0 Å². The maximum atomic E-state index is 9.54. The molecule has 1 rings (SSSR count). The van der Waals surface area contributed by atoms with Crippen LogP contribution in [0, 0.1) is 0 Å². The Kier molecular flexibility index (Phi) is 3.29. The molecule has 0 saturated heterocycles. The molecule has 0 amide bonds. The van der Waals surface area contributed by atoms with Crippen LogP contribution >= 0.6 is 15.9 Å². The molecule has 0 aliphatic rings. The van der Waals surface area contributed by atoms with E-state index in [2.05, 4.69) is 21.0 Å². The minimum absolute atomic E-state index is 0.295. The highest BCUT2D eigenvalue weighted by atomic mass is 79.9. The van der Waals surface area contributed by atoms with Gasteiger partial charge in [0.1, 0.15) is 6.10 Å². The summed E-state index contributed by atoms with van der Waals surface area (Å²) in [5.41, 5.74) is 0.863. The molecule has 0 bridgehead atoms. The third-order valence-electron chi connectivity index (χ3n) is 1.68. The van der Waals surface area contributed by atoms with Gasteiger partial charge in [0.25, 0.3) is 0 Å². The maximum Gasteiger partial charge on any atom is 0.105 e. The van der Waals surface area contributed by atoms with Crippen molar-refractivity contribution in [3.05, 3.63) is 18.0 Å². The van der Waals surface area contributed by atoms with Crippen molar-refractivity contribution in [1.82, 2.24) is 9.78 Å². The Hall–Kier alpha value is -0.350. The number of aliphatic hydroxyl groups is 1. The number of nitrogens with zero attached hydrogens (tertiary/aromatic N) is 2. The number of hydrogen-bond donors (Lipinski definition) is 1. The summed E-state index contributed by atoms with van der Waals surface area (Å²) in [5.74, 6) is 0. The van der Waals surface area contributed by atoms with E-state index >= 15 is 0 Å². The fourth-order valence-corrected chi connectivity index (χ4v) is 1.43. The molecule has 1 aromatic rings. The Morgan fingerprint density at radius 3 is 2.83 bits per heavy atom. The summed E-state index contributed by atoms with van der Waals surface area (Å²) in [6.07, 6.45) is 1.25. The molecule has 0 saturated carbocycles. The lowest BCUT2D eigenvalue weighted by Gasteiger charge is -2.13. The van der Waals surface area contributed by atoms with E-state index in [-0.39, 0.29) is 0 Å². The number of alkyl halides is 1. The van der Waals surface area contributed by atoms with Crippen LogP contribution in [0.15, 0.2) is 12.3 Å². The molecule has 1 atom stereocenters. The van der Waals surface area contributed by atoms with E-state index in [9.17, 15) is 5.11 Å². The number of rotatable bonds is 3. The van der Waals surface area contributed by atoms with Crippen molar-refractivity contribution in [1.29, 1.82) is 0 Å². The number of aromatic nitrogens is 2. The molecule has 0 aliphatic carbocycles. The fourth-order valence-electron chi connectivity index (χ4n) is 1.10. The van der Waals surface area contributed by atoms with Crippen molar-refractivity contribution >= 4 is 15.9 Å². The zero-order valence-electron chi connectivity index (χ0n) is 7.24. The molecule has 1 aromatic heterocycles. The third-order valence-corrected chi connectivity index (χ3v) is 2.29. The van der Waals surface area contributed by atoms with Crippen molar-refractivity contribution in [2.45, 2.75) is 26.0 Å². The van der Waals surface area contributed by atoms with E-state index in [1.807, 2.05) is 24.6 Å². The molecule has 1 heterocycles. The average Bonchev–Trinajstić information content (AvgIpc) is 2.50. The fraction of sp³-hybridized carbons (Fsp3) is 0.625. The smallest absolute Gasteiger partial charge is 0.105 e. The standard InChI is InChI=1S/C8H13BrN2O/c1-6(2)11-7(3-4-10-11)8(12)5-9/h3-4,6,8,12H,5H2,1-2H3. The molecule has 0 aromatic carbocycles. The monoisotopic (exact) mass is 232 g/mol. The minimum Gasteiger partial charge on any atom is -0.386 e. The first kappa shape index (κ1) is 9.74. The highest BCUT2D eigenvalue weighted by Crippen LogP contribution is 2.17. The Morgan fingerprint density at radius 1 is 1.67 bits per heavy atom. The molecule has 1 N–H and O–H groups in total. The lowest BCUT2D eigenvalue weighted by atomic mass is 10.2. The summed E-state index contributed by atoms with van der Waals surface area (Å²) < 4.78 is 1.83. The minimum atomic E-state index is -0.463. The third kappa shape index (κ3) is 1.87. The Balaban J connectivity index is 2.91. The van der Waals surface area contributed by atoms with Crippen LogP contribution in [0.4, 0.5) is 0 Å². The maximum absolute atomic E-state index is 9.54. The predicted octanol–water partition coefficient (Wildman–Crippen LogP) is 1.89. The summed E-state index contributed by atoms with van der Waals surface area (Å²) >= 11 is 3.23. The van der Waals surface area contributed by atoms with Crippen molar-refractivity contribution in [2.24, 2.45) is 0 Å². The summed E-state index contributed by atoms with van der Waals surface area (Å²) in [6, 6.07) is 2.13. The van der Waals surface area contributed by atoms with E-state index in [4.69, 9.17) is 0 Å². The molecular weight excluding hydrogens is 220 g/mol. The first-order valence-electron chi connectivity index (χ1n) is 3.94. The zero-order chi connectivity index (χ0) is 9.14. The Bertz CT molecular complexity index is 247. The second kappa shape index (κ2) is 4.05. The second-order valence-electron chi connectivity index (χ2n) is 2.96. The van der Waals surface area contributed by atoms with Crippen LogP contribution < -0.4 is 0 Å². The van der Waals surface area contributed by atoms with E-state index in [0.717, 1.165) is 5.69 Å². The molecule has 12 heavy (non-hydrogen) atoms. The van der Waals surface area contributed by atoms with Gasteiger partial charge in [0.05, 0.1) is 5.69 Å². The van der Waals surface area contributed by atoms with Gasteiger partial charge in [-0.2, -0.15) is 5.10 Å². The number of hydrogen-bond acceptors (Lipinski definition) is 2. The quantitative estimate of drug-likeness (QED) is 0.809. The van der Waals surface area contributed by atoms with E-state index < -0.39 is 6.10 Å². The first-order chi connectivity index (χ1) is 5.66. The van der Waals surface area contributed by atoms with Gasteiger partial charge >= 0.3 is 0 Å². The van der Waals surface area contributed by atoms with Gasteiger partial charge in [-0.25, -0.2) is 0 Å². The largest absolute Gasteiger partial charge is 0.386 e. The van der Waals surface area contributed by atoms with Crippen LogP contribution in [0.3, 0.4) is 0 Å². The van der Waals surface area contributed by atoms with Gasteiger partial charge in [0.15, 0.2) is 0 Å². The molecule has 3 nitrogen and oxygen atoms in total. The molecule has 1 unspecified atom stereocenters. The molecule has 0 aliphatic heterocycles. The highest BCUT2D eigenvalue weighted by Gasteiger charge is 2.12. The molecule has 4 heteroatoms. The van der Waals surface area contributed by atoms with Gasteiger partial charge in [-0.1, -0.05) is 15.9 Å². The van der Waals surface area contributed by atoms with Gasteiger partial charge < -0.3 is 5.11 Å². The number of aliphatic hydroxyl groups excluding tert-OH is 1. The lowest BCUT2D eigenvalue weighted by Crippen LogP contribution is -2.11. The second-order valence-corrected chi connectivity index (χ2v) is 3.61. The molecular formula is C8H13BrN2O. The molecule has 68 valence electrons. The predicted molar refractivity (Wildman–Crippen MR) is 51.4 cm³/mol. The van der Waals surface area contributed by atoms with E-state index in [1.54, 1.807) is 6.20 Å². The SMILES string of the molecule is CC(C)n1nccc1C(O)CBr. The lowest BCUT2D eigenvalue weighted by molar-refractivity contribution is 0.190. The average molecular weight is 233 g/mol. The van der Waals surface area contributed by atoms with Crippen molar-refractivity contribution in [3.63, 3.8) is 0 Å². The summed E-state index contributed by atoms with van der Waals surface area (Å²) in [6.45, 7) is 4.08. The van der Waals surface area contributed by atoms with Crippen LogP contribution in [0.5, 0.6) is 0 Å². The van der Waals surface area contributed by atoms with Crippen LogP contribution in [-0.4, -0.2) is 20.2 Å². The van der Waals surface area contributed by atoms with E-state index in [0.29, 0.717) is 11.4 Å². The first-order valence-corrected chi connectivity index (χ1v) is 5.06. The van der Waals surface area contributed by atoms with Crippen molar-refractivity contribution in [3.8, 4) is 0 Å². The topological polar surface area (TPSA) is 38.0 Å². The van der Waals surface area contributed by atoms with Crippen LogP contribution in [0.2, 0.25) is 0 Å². The summed E-state index contributed by atoms with van der Waals surface area (Å²) in [7, 11) is 0. The molecule has 0 fully saturated rings. The zero-order valence-corrected chi connectivity index (χ0v) is 8.82. The molecule has 0 radical (unpaired) electrons. The molecule has 0 spiro atoms. The van der Waals surface area contributed by atoms with Gasteiger partial charge in [-0.3, -0.25) is 4.68 Å².